The molecular weight excluding hydrogens is 264 g/mol. The van der Waals surface area contributed by atoms with Crippen LogP contribution in [-0.2, 0) is 19.3 Å². The molecule has 1 aliphatic rings. The molecular formula is C17H20N2O2. The van der Waals surface area contributed by atoms with Crippen molar-refractivity contribution in [1.82, 2.24) is 10.5 Å². The Kier molecular flexibility index (Phi) is 3.78. The molecule has 1 amide bonds. The van der Waals surface area contributed by atoms with Crippen LogP contribution in [-0.4, -0.2) is 17.6 Å². The van der Waals surface area contributed by atoms with E-state index in [2.05, 4.69) is 16.5 Å². The van der Waals surface area contributed by atoms with Gasteiger partial charge in [0.05, 0.1) is 5.69 Å². The molecule has 0 fully saturated rings. The molecule has 1 aromatic carbocycles. The summed E-state index contributed by atoms with van der Waals surface area (Å²) in [6.45, 7) is 4.43. The zero-order valence-electron chi connectivity index (χ0n) is 12.5. The molecule has 4 heteroatoms. The number of amides is 1. The van der Waals surface area contributed by atoms with E-state index in [4.69, 9.17) is 4.52 Å². The molecule has 0 aliphatic heterocycles. The van der Waals surface area contributed by atoms with E-state index in [0.29, 0.717) is 6.54 Å². The number of nitrogens with zero attached hydrogens (tertiary/aromatic N) is 1. The Morgan fingerprint density at radius 3 is 2.95 bits per heavy atom. The Morgan fingerprint density at radius 1 is 1.33 bits per heavy atom. The number of aromatic nitrogens is 1. The highest BCUT2D eigenvalue weighted by atomic mass is 16.5. The van der Waals surface area contributed by atoms with Crippen LogP contribution >= 0.6 is 0 Å². The van der Waals surface area contributed by atoms with Crippen LogP contribution in [0.1, 0.15) is 44.9 Å². The highest BCUT2D eigenvalue weighted by Crippen LogP contribution is 2.25. The summed E-state index contributed by atoms with van der Waals surface area (Å²) in [4.78, 5) is 12.4. The molecule has 0 unspecified atom stereocenters. The van der Waals surface area contributed by atoms with E-state index in [1.165, 1.54) is 11.1 Å². The van der Waals surface area contributed by atoms with Crippen LogP contribution in [0.3, 0.4) is 0 Å². The lowest BCUT2D eigenvalue weighted by molar-refractivity contribution is 0.0953. The van der Waals surface area contributed by atoms with Crippen LogP contribution < -0.4 is 5.32 Å². The maximum absolute atomic E-state index is 12.4. The smallest absolute Gasteiger partial charge is 0.251 e. The Balaban J connectivity index is 1.64. The quantitative estimate of drug-likeness (QED) is 0.939. The van der Waals surface area contributed by atoms with Crippen molar-refractivity contribution in [2.75, 3.05) is 6.54 Å². The molecule has 0 radical (unpaired) electrons. The first kappa shape index (κ1) is 13.9. The summed E-state index contributed by atoms with van der Waals surface area (Å²) in [6.07, 6.45) is 4.01. The predicted molar refractivity (Wildman–Crippen MR) is 80.5 cm³/mol. The molecule has 0 atom stereocenters. The van der Waals surface area contributed by atoms with Crippen molar-refractivity contribution in [3.8, 4) is 0 Å². The zero-order chi connectivity index (χ0) is 14.8. The van der Waals surface area contributed by atoms with Crippen LogP contribution in [0.25, 0.3) is 0 Å². The van der Waals surface area contributed by atoms with Gasteiger partial charge in [0.2, 0.25) is 0 Å². The molecule has 110 valence electrons. The highest BCUT2D eigenvalue weighted by Gasteiger charge is 2.18. The third-order valence-electron chi connectivity index (χ3n) is 4.23. The van der Waals surface area contributed by atoms with Gasteiger partial charge in [-0.25, -0.2) is 0 Å². The minimum atomic E-state index is 0.0283. The Hall–Kier alpha value is -2.10. The first-order valence-corrected chi connectivity index (χ1v) is 7.47. The number of benzene rings is 1. The van der Waals surface area contributed by atoms with Gasteiger partial charge in [0.1, 0.15) is 5.76 Å². The van der Waals surface area contributed by atoms with Gasteiger partial charge in [0, 0.05) is 17.7 Å². The number of nitrogens with one attached hydrogen (secondary N) is 1. The Labute approximate surface area is 124 Å². The maximum Gasteiger partial charge on any atom is 0.251 e. The van der Waals surface area contributed by atoms with Gasteiger partial charge in [-0.2, -0.15) is 0 Å². The summed E-state index contributed by atoms with van der Waals surface area (Å²) in [5.41, 5.74) is 5.39. The van der Waals surface area contributed by atoms with Crippen molar-refractivity contribution in [3.05, 3.63) is 51.9 Å². The first-order valence-electron chi connectivity index (χ1n) is 7.47. The van der Waals surface area contributed by atoms with Gasteiger partial charge in [-0.15, -0.1) is 0 Å². The summed E-state index contributed by atoms with van der Waals surface area (Å²) in [5, 5.41) is 6.94. The monoisotopic (exact) mass is 284 g/mol. The van der Waals surface area contributed by atoms with E-state index in [-0.39, 0.29) is 5.91 Å². The van der Waals surface area contributed by atoms with Gasteiger partial charge in [0.25, 0.3) is 5.91 Å². The first-order chi connectivity index (χ1) is 10.2. The second-order valence-electron chi connectivity index (χ2n) is 5.61. The van der Waals surface area contributed by atoms with E-state index in [0.717, 1.165) is 48.3 Å². The fourth-order valence-electron chi connectivity index (χ4n) is 3.09. The van der Waals surface area contributed by atoms with Crippen molar-refractivity contribution in [3.63, 3.8) is 0 Å². The predicted octanol–water partition coefficient (Wildman–Crippen LogP) is 2.75. The number of hydrogen-bond donors (Lipinski definition) is 1. The zero-order valence-corrected chi connectivity index (χ0v) is 12.5. The van der Waals surface area contributed by atoms with Crippen molar-refractivity contribution < 1.29 is 9.32 Å². The number of fused-ring (bicyclic) bond motifs is 1. The topological polar surface area (TPSA) is 55.1 Å². The van der Waals surface area contributed by atoms with Gasteiger partial charge >= 0.3 is 0 Å². The number of carbonyl (C=O) groups is 1. The second kappa shape index (κ2) is 5.72. The minimum Gasteiger partial charge on any atom is -0.361 e. The van der Waals surface area contributed by atoms with Crippen molar-refractivity contribution in [2.24, 2.45) is 0 Å². The molecule has 2 aromatic rings. The minimum absolute atomic E-state index is 0.0283. The molecule has 1 N–H and O–H groups in total. The van der Waals surface area contributed by atoms with E-state index >= 15 is 0 Å². The van der Waals surface area contributed by atoms with Crippen molar-refractivity contribution >= 4 is 5.91 Å². The average molecular weight is 284 g/mol. The van der Waals surface area contributed by atoms with Gasteiger partial charge in [-0.1, -0.05) is 17.3 Å². The van der Waals surface area contributed by atoms with Crippen LogP contribution in [0.15, 0.2) is 22.7 Å². The van der Waals surface area contributed by atoms with E-state index in [1.807, 2.05) is 26.0 Å². The van der Waals surface area contributed by atoms with Crippen molar-refractivity contribution in [1.29, 1.82) is 0 Å². The molecule has 1 aliphatic carbocycles. The van der Waals surface area contributed by atoms with Crippen molar-refractivity contribution in [2.45, 2.75) is 39.5 Å². The maximum atomic E-state index is 12.4. The second-order valence-corrected chi connectivity index (χ2v) is 5.61. The standard InChI is InChI=1S/C17H20N2O2/c1-11-14(12(2)21-19-11)9-10-18-17(20)16-8-4-6-13-5-3-7-15(13)16/h4,6,8H,3,5,7,9-10H2,1-2H3,(H,18,20). The summed E-state index contributed by atoms with van der Waals surface area (Å²) >= 11 is 0. The third kappa shape index (κ3) is 2.71. The SMILES string of the molecule is Cc1noc(C)c1CCNC(=O)c1cccc2c1CCC2. The third-order valence-corrected chi connectivity index (χ3v) is 4.23. The average Bonchev–Trinajstić information content (AvgIpc) is 3.07. The van der Waals surface area contributed by atoms with Gasteiger partial charge in [-0.05, 0) is 56.7 Å². The molecule has 1 heterocycles. The number of rotatable bonds is 4. The molecule has 21 heavy (non-hydrogen) atoms. The molecule has 0 saturated heterocycles. The van der Waals surface area contributed by atoms with E-state index in [9.17, 15) is 4.79 Å². The normalized spacial score (nSPS) is 13.2. The van der Waals surface area contributed by atoms with E-state index in [1.54, 1.807) is 0 Å². The summed E-state index contributed by atoms with van der Waals surface area (Å²) in [6, 6.07) is 6.03. The molecule has 3 rings (SSSR count). The van der Waals surface area contributed by atoms with E-state index < -0.39 is 0 Å². The molecule has 0 saturated carbocycles. The number of aryl methyl sites for hydroxylation is 3. The summed E-state index contributed by atoms with van der Waals surface area (Å²) < 4.78 is 5.14. The largest absolute Gasteiger partial charge is 0.361 e. The van der Waals surface area contributed by atoms with Crippen LogP contribution in [0.4, 0.5) is 0 Å². The summed E-state index contributed by atoms with van der Waals surface area (Å²) in [5.74, 6) is 0.864. The van der Waals surface area contributed by atoms with Crippen LogP contribution in [0.5, 0.6) is 0 Å². The molecule has 4 nitrogen and oxygen atoms in total. The van der Waals surface area contributed by atoms with Crippen LogP contribution in [0.2, 0.25) is 0 Å². The highest BCUT2D eigenvalue weighted by molar-refractivity contribution is 5.96. The molecule has 1 aromatic heterocycles. The lowest BCUT2D eigenvalue weighted by Crippen LogP contribution is -2.26. The fraction of sp³-hybridized carbons (Fsp3) is 0.412. The summed E-state index contributed by atoms with van der Waals surface area (Å²) in [7, 11) is 0. The van der Waals surface area contributed by atoms with Gasteiger partial charge in [0.15, 0.2) is 0 Å². The number of carbonyl (C=O) groups excluding carboxylic acids is 1. The molecule has 0 spiro atoms. The van der Waals surface area contributed by atoms with Crippen LogP contribution in [0, 0.1) is 13.8 Å². The lowest BCUT2D eigenvalue weighted by Gasteiger charge is -2.09. The van der Waals surface area contributed by atoms with Gasteiger partial charge < -0.3 is 9.84 Å². The van der Waals surface area contributed by atoms with Gasteiger partial charge in [-0.3, -0.25) is 4.79 Å². The molecule has 0 bridgehead atoms. The number of hydrogen-bond acceptors (Lipinski definition) is 3. The fourth-order valence-corrected chi connectivity index (χ4v) is 3.09. The Morgan fingerprint density at radius 2 is 2.19 bits per heavy atom. The Bertz CT molecular complexity index is 654. The lowest BCUT2D eigenvalue weighted by atomic mass is 10.0.